The Morgan fingerprint density at radius 3 is 2.62 bits per heavy atom. The number of benzene rings is 2. The number of carbonyl (C=O) groups is 2. The number of hydrogen-bond acceptors (Lipinski definition) is 3. The van der Waals surface area contributed by atoms with Crippen LogP contribution in [0.3, 0.4) is 0 Å². The molecule has 6 nitrogen and oxygen atoms in total. The number of imidazole rings is 1. The first-order valence-corrected chi connectivity index (χ1v) is 10.7. The van der Waals surface area contributed by atoms with Gasteiger partial charge in [-0.15, -0.1) is 0 Å². The van der Waals surface area contributed by atoms with Crippen LogP contribution in [0.1, 0.15) is 17.5 Å². The van der Waals surface area contributed by atoms with Gasteiger partial charge in [-0.1, -0.05) is 36.4 Å². The van der Waals surface area contributed by atoms with Crippen molar-refractivity contribution in [1.82, 2.24) is 9.38 Å². The molecular weight excluding hydrogens is 400 g/mol. The minimum Gasteiger partial charge on any atom is -0.326 e. The molecule has 1 aliphatic rings. The average molecular weight is 425 g/mol. The average Bonchev–Trinajstić information content (AvgIpc) is 3.41. The number of nitrogens with zero attached hydrogens (tertiary/aromatic N) is 3. The summed E-state index contributed by atoms with van der Waals surface area (Å²) >= 11 is 0. The highest BCUT2D eigenvalue weighted by atomic mass is 16.2. The molecule has 0 unspecified atom stereocenters. The number of anilines is 2. The summed E-state index contributed by atoms with van der Waals surface area (Å²) in [4.78, 5) is 32.0. The summed E-state index contributed by atoms with van der Waals surface area (Å²) < 4.78 is 2.01. The number of hydrogen-bond donors (Lipinski definition) is 1. The van der Waals surface area contributed by atoms with Gasteiger partial charge in [0.05, 0.1) is 11.6 Å². The molecule has 0 radical (unpaired) electrons. The first-order valence-electron chi connectivity index (χ1n) is 10.7. The van der Waals surface area contributed by atoms with E-state index < -0.39 is 0 Å². The molecule has 5 rings (SSSR count). The molecule has 2 aromatic heterocycles. The van der Waals surface area contributed by atoms with Crippen molar-refractivity contribution in [1.29, 1.82) is 0 Å². The van der Waals surface area contributed by atoms with Crippen LogP contribution < -0.4 is 10.2 Å². The van der Waals surface area contributed by atoms with Gasteiger partial charge in [0, 0.05) is 42.3 Å². The van der Waals surface area contributed by atoms with E-state index in [0.29, 0.717) is 6.54 Å². The van der Waals surface area contributed by atoms with Gasteiger partial charge < -0.3 is 14.6 Å². The van der Waals surface area contributed by atoms with Crippen LogP contribution in [0.4, 0.5) is 11.4 Å². The Labute approximate surface area is 186 Å². The van der Waals surface area contributed by atoms with Gasteiger partial charge >= 0.3 is 0 Å². The first-order chi connectivity index (χ1) is 15.5. The smallest absolute Gasteiger partial charge is 0.229 e. The van der Waals surface area contributed by atoms with Crippen LogP contribution in [-0.4, -0.2) is 27.7 Å². The van der Waals surface area contributed by atoms with Gasteiger partial charge in [0.25, 0.3) is 0 Å². The van der Waals surface area contributed by atoms with E-state index in [1.165, 1.54) is 0 Å². The maximum absolute atomic E-state index is 13.0. The van der Waals surface area contributed by atoms with E-state index >= 15 is 0 Å². The van der Waals surface area contributed by atoms with E-state index in [1.807, 2.05) is 91.3 Å². The molecule has 0 saturated carbocycles. The molecule has 0 spiro atoms. The zero-order chi connectivity index (χ0) is 22.2. The van der Waals surface area contributed by atoms with Gasteiger partial charge in [0.2, 0.25) is 11.8 Å². The van der Waals surface area contributed by atoms with Gasteiger partial charge in [0.1, 0.15) is 5.65 Å². The molecule has 2 amide bonds. The molecular formula is C26H24N4O2. The molecule has 1 fully saturated rings. The number of rotatable bonds is 4. The highest BCUT2D eigenvalue weighted by molar-refractivity contribution is 6.03. The fraction of sp³-hybridized carbons (Fsp3) is 0.192. The first kappa shape index (κ1) is 20.0. The molecule has 6 heteroatoms. The molecule has 160 valence electrons. The summed E-state index contributed by atoms with van der Waals surface area (Å²) in [5.41, 5.74) is 6.34. The van der Waals surface area contributed by atoms with Crippen LogP contribution in [0.25, 0.3) is 16.9 Å². The Bertz CT molecular complexity index is 1330. The van der Waals surface area contributed by atoms with Crippen molar-refractivity contribution in [3.63, 3.8) is 0 Å². The zero-order valence-corrected chi connectivity index (χ0v) is 18.1. The van der Waals surface area contributed by atoms with Crippen molar-refractivity contribution >= 4 is 28.8 Å². The molecule has 1 aliphatic heterocycles. The number of carbonyl (C=O) groups excluding carboxylic acids is 2. The topological polar surface area (TPSA) is 66.7 Å². The summed E-state index contributed by atoms with van der Waals surface area (Å²) in [5.74, 6) is -0.548. The normalized spacial score (nSPS) is 16.0. The van der Waals surface area contributed by atoms with Crippen LogP contribution in [0.5, 0.6) is 0 Å². The fourth-order valence-electron chi connectivity index (χ4n) is 4.18. The Morgan fingerprint density at radius 1 is 1.03 bits per heavy atom. The predicted octanol–water partition coefficient (Wildman–Crippen LogP) is 4.61. The fourth-order valence-corrected chi connectivity index (χ4v) is 4.18. The Kier molecular flexibility index (Phi) is 4.98. The molecule has 3 heterocycles. The SMILES string of the molecule is Cc1ccc(-c2cn3cccc(C)c3n2)cc1NC(=O)[C@H]1CC(=O)N(c2ccccc2)C1. The Hall–Kier alpha value is -3.93. The van der Waals surface area contributed by atoms with Crippen molar-refractivity contribution in [2.45, 2.75) is 20.3 Å². The maximum atomic E-state index is 13.0. The van der Waals surface area contributed by atoms with Gasteiger partial charge in [0.15, 0.2) is 0 Å². The third kappa shape index (κ3) is 3.64. The predicted molar refractivity (Wildman–Crippen MR) is 126 cm³/mol. The summed E-state index contributed by atoms with van der Waals surface area (Å²) in [6, 6.07) is 19.5. The molecule has 1 saturated heterocycles. The molecule has 1 atom stereocenters. The number of fused-ring (bicyclic) bond motifs is 1. The van der Waals surface area contributed by atoms with Crippen molar-refractivity contribution in [3.05, 3.63) is 84.2 Å². The third-order valence-corrected chi connectivity index (χ3v) is 6.03. The standard InChI is InChI=1S/C26H24N4O2/c1-17-10-11-19(23-16-29-12-6-7-18(2)25(29)27-23)13-22(17)28-26(32)20-14-24(31)30(15-20)21-8-4-3-5-9-21/h3-13,16,20H,14-15H2,1-2H3,(H,28,32)/t20-/m0/s1. The lowest BCUT2D eigenvalue weighted by Gasteiger charge is -2.17. The lowest BCUT2D eigenvalue weighted by atomic mass is 10.1. The Morgan fingerprint density at radius 2 is 1.84 bits per heavy atom. The second kappa shape index (κ2) is 7.96. The van der Waals surface area contributed by atoms with Gasteiger partial charge in [-0.25, -0.2) is 4.98 Å². The van der Waals surface area contributed by atoms with Crippen molar-refractivity contribution in [3.8, 4) is 11.3 Å². The molecule has 0 aliphatic carbocycles. The zero-order valence-electron chi connectivity index (χ0n) is 18.1. The number of aromatic nitrogens is 2. The lowest BCUT2D eigenvalue weighted by Crippen LogP contribution is -2.28. The van der Waals surface area contributed by atoms with Crippen LogP contribution in [0, 0.1) is 19.8 Å². The minimum atomic E-state index is -0.386. The highest BCUT2D eigenvalue weighted by Gasteiger charge is 2.35. The van der Waals surface area contributed by atoms with E-state index in [2.05, 4.69) is 5.32 Å². The monoisotopic (exact) mass is 424 g/mol. The van der Waals surface area contributed by atoms with Crippen molar-refractivity contribution < 1.29 is 9.59 Å². The summed E-state index contributed by atoms with van der Waals surface area (Å²) in [7, 11) is 0. The Balaban J connectivity index is 1.37. The van der Waals surface area contributed by atoms with Crippen molar-refractivity contribution in [2.75, 3.05) is 16.8 Å². The second-order valence-electron chi connectivity index (χ2n) is 8.31. The molecule has 1 N–H and O–H groups in total. The van der Waals surface area contributed by atoms with Crippen LogP contribution >= 0.6 is 0 Å². The van der Waals surface area contributed by atoms with E-state index in [0.717, 1.165) is 39.4 Å². The highest BCUT2D eigenvalue weighted by Crippen LogP contribution is 2.29. The molecule has 0 bridgehead atoms. The number of pyridine rings is 1. The second-order valence-corrected chi connectivity index (χ2v) is 8.31. The number of aryl methyl sites for hydroxylation is 2. The molecule has 32 heavy (non-hydrogen) atoms. The number of para-hydroxylation sites is 1. The van der Waals surface area contributed by atoms with Gasteiger partial charge in [-0.2, -0.15) is 0 Å². The maximum Gasteiger partial charge on any atom is 0.229 e. The van der Waals surface area contributed by atoms with Crippen LogP contribution in [0.15, 0.2) is 73.1 Å². The van der Waals surface area contributed by atoms with E-state index in [1.54, 1.807) is 4.90 Å². The summed E-state index contributed by atoms with van der Waals surface area (Å²) in [5, 5.41) is 3.05. The summed E-state index contributed by atoms with van der Waals surface area (Å²) in [6.07, 6.45) is 4.18. The number of amides is 2. The van der Waals surface area contributed by atoms with E-state index in [-0.39, 0.29) is 24.2 Å². The van der Waals surface area contributed by atoms with E-state index in [4.69, 9.17) is 4.98 Å². The van der Waals surface area contributed by atoms with Gasteiger partial charge in [-0.05, 0) is 49.2 Å². The molecule has 2 aromatic carbocycles. The molecule has 4 aromatic rings. The summed E-state index contributed by atoms with van der Waals surface area (Å²) in [6.45, 7) is 4.39. The van der Waals surface area contributed by atoms with Gasteiger partial charge in [-0.3, -0.25) is 9.59 Å². The lowest BCUT2D eigenvalue weighted by molar-refractivity contribution is -0.122. The minimum absolute atomic E-state index is 0.0260. The number of nitrogens with one attached hydrogen (secondary N) is 1. The van der Waals surface area contributed by atoms with Crippen LogP contribution in [-0.2, 0) is 9.59 Å². The van der Waals surface area contributed by atoms with E-state index in [9.17, 15) is 9.59 Å². The largest absolute Gasteiger partial charge is 0.326 e. The third-order valence-electron chi connectivity index (χ3n) is 6.03. The quantitative estimate of drug-likeness (QED) is 0.520. The van der Waals surface area contributed by atoms with Crippen LogP contribution in [0.2, 0.25) is 0 Å². The van der Waals surface area contributed by atoms with Crippen molar-refractivity contribution in [2.24, 2.45) is 5.92 Å².